The third-order valence-corrected chi connectivity index (χ3v) is 1.98. The van der Waals surface area contributed by atoms with Crippen molar-refractivity contribution in [1.82, 2.24) is 0 Å². The van der Waals surface area contributed by atoms with Crippen LogP contribution in [0.5, 0.6) is 0 Å². The minimum atomic E-state index is -0.265. The summed E-state index contributed by atoms with van der Waals surface area (Å²) in [5, 5.41) is 8.48. The largest absolute Gasteiger partial charge is 0.394 e. The highest BCUT2D eigenvalue weighted by Crippen LogP contribution is 2.12. The molecular weight excluding hydrogens is 236 g/mol. The fourth-order valence-electron chi connectivity index (χ4n) is 1.49. The Hall–Kier alpha value is -0.200. The second-order valence-electron chi connectivity index (χ2n) is 4.93. The van der Waals surface area contributed by atoms with Crippen molar-refractivity contribution in [2.24, 2.45) is 0 Å². The standard InChI is InChI=1S/C13H28O5/c1-12(2)18-13(3,4)11-17-10-9-16-8-7-15-6-5-14/h12,14H,5-11H2,1-4H3. The molecule has 18 heavy (non-hydrogen) atoms. The molecule has 0 aliphatic heterocycles. The third kappa shape index (κ3) is 12.3. The first-order chi connectivity index (χ1) is 8.48. The zero-order chi connectivity index (χ0) is 13.9. The molecule has 0 aromatic carbocycles. The number of aliphatic hydroxyl groups is 1. The van der Waals surface area contributed by atoms with Crippen molar-refractivity contribution in [3.63, 3.8) is 0 Å². The molecule has 0 rings (SSSR count). The van der Waals surface area contributed by atoms with Crippen LogP contribution in [0, 0.1) is 0 Å². The highest BCUT2D eigenvalue weighted by atomic mass is 16.6. The summed E-state index contributed by atoms with van der Waals surface area (Å²) >= 11 is 0. The highest BCUT2D eigenvalue weighted by molar-refractivity contribution is 4.68. The van der Waals surface area contributed by atoms with Crippen molar-refractivity contribution >= 4 is 0 Å². The maximum absolute atomic E-state index is 8.48. The van der Waals surface area contributed by atoms with E-state index in [9.17, 15) is 0 Å². The van der Waals surface area contributed by atoms with Crippen LogP contribution < -0.4 is 0 Å². The van der Waals surface area contributed by atoms with Crippen LogP contribution in [0.15, 0.2) is 0 Å². The fourth-order valence-corrected chi connectivity index (χ4v) is 1.49. The number of aliphatic hydroxyl groups excluding tert-OH is 1. The van der Waals surface area contributed by atoms with E-state index in [4.69, 9.17) is 24.1 Å². The Kier molecular flexibility index (Phi) is 10.6. The lowest BCUT2D eigenvalue weighted by molar-refractivity contribution is -0.106. The SMILES string of the molecule is CC(C)OC(C)(C)COCCOCCOCCO. The zero-order valence-electron chi connectivity index (χ0n) is 12.1. The lowest BCUT2D eigenvalue weighted by Crippen LogP contribution is -2.34. The number of hydrogen-bond acceptors (Lipinski definition) is 5. The van der Waals surface area contributed by atoms with E-state index in [1.807, 2.05) is 27.7 Å². The van der Waals surface area contributed by atoms with Gasteiger partial charge >= 0.3 is 0 Å². The van der Waals surface area contributed by atoms with Crippen molar-refractivity contribution < 1.29 is 24.1 Å². The van der Waals surface area contributed by atoms with Crippen molar-refractivity contribution in [3.8, 4) is 0 Å². The molecule has 0 fully saturated rings. The molecule has 0 saturated carbocycles. The molecule has 0 aromatic heterocycles. The molecular formula is C13H28O5. The molecule has 0 spiro atoms. The predicted octanol–water partition coefficient (Wildman–Crippen LogP) is 1.23. The summed E-state index contributed by atoms with van der Waals surface area (Å²) in [6, 6.07) is 0. The zero-order valence-corrected chi connectivity index (χ0v) is 12.1. The molecule has 0 amide bonds. The smallest absolute Gasteiger partial charge is 0.0862 e. The number of ether oxygens (including phenoxy) is 4. The molecule has 0 saturated heterocycles. The van der Waals surface area contributed by atoms with Crippen LogP contribution in [0.1, 0.15) is 27.7 Å². The summed E-state index contributed by atoms with van der Waals surface area (Å²) < 4.78 is 21.6. The predicted molar refractivity (Wildman–Crippen MR) is 69.8 cm³/mol. The van der Waals surface area contributed by atoms with Crippen LogP contribution in [0.25, 0.3) is 0 Å². The van der Waals surface area contributed by atoms with E-state index in [0.717, 1.165) is 0 Å². The summed E-state index contributed by atoms with van der Waals surface area (Å²) in [4.78, 5) is 0. The summed E-state index contributed by atoms with van der Waals surface area (Å²) in [5.74, 6) is 0. The second-order valence-corrected chi connectivity index (χ2v) is 4.93. The topological polar surface area (TPSA) is 57.2 Å². The Balaban J connectivity index is 3.29. The molecule has 110 valence electrons. The fraction of sp³-hybridized carbons (Fsp3) is 1.00. The van der Waals surface area contributed by atoms with Gasteiger partial charge in [0.2, 0.25) is 0 Å². The molecule has 0 bridgehead atoms. The maximum Gasteiger partial charge on any atom is 0.0862 e. The third-order valence-electron chi connectivity index (χ3n) is 1.98. The van der Waals surface area contributed by atoms with Crippen LogP contribution in [0.4, 0.5) is 0 Å². The molecule has 0 aromatic rings. The van der Waals surface area contributed by atoms with Gasteiger partial charge < -0.3 is 24.1 Å². The minimum Gasteiger partial charge on any atom is -0.394 e. The Bertz CT molecular complexity index is 182. The molecule has 5 nitrogen and oxygen atoms in total. The van der Waals surface area contributed by atoms with E-state index >= 15 is 0 Å². The molecule has 0 atom stereocenters. The first-order valence-corrected chi connectivity index (χ1v) is 6.50. The second kappa shape index (κ2) is 10.7. The van der Waals surface area contributed by atoms with Crippen molar-refractivity contribution in [2.75, 3.05) is 46.2 Å². The van der Waals surface area contributed by atoms with Gasteiger partial charge in [0.15, 0.2) is 0 Å². The first-order valence-electron chi connectivity index (χ1n) is 6.50. The normalized spacial score (nSPS) is 12.3. The highest BCUT2D eigenvalue weighted by Gasteiger charge is 2.19. The van der Waals surface area contributed by atoms with Gasteiger partial charge in [-0.2, -0.15) is 0 Å². The van der Waals surface area contributed by atoms with E-state index in [-0.39, 0.29) is 18.3 Å². The lowest BCUT2D eigenvalue weighted by Gasteiger charge is -2.27. The summed E-state index contributed by atoms with van der Waals surface area (Å²) in [6.07, 6.45) is 0.198. The van der Waals surface area contributed by atoms with Crippen LogP contribution in [-0.2, 0) is 18.9 Å². The molecule has 5 heteroatoms. The first kappa shape index (κ1) is 17.8. The van der Waals surface area contributed by atoms with Gasteiger partial charge in [0, 0.05) is 0 Å². The van der Waals surface area contributed by atoms with Crippen molar-refractivity contribution in [2.45, 2.75) is 39.4 Å². The van der Waals surface area contributed by atoms with Gasteiger partial charge in [-0.1, -0.05) is 0 Å². The average Bonchev–Trinajstić information content (AvgIpc) is 2.25. The van der Waals surface area contributed by atoms with Gasteiger partial charge in [-0.05, 0) is 27.7 Å². The Morgan fingerprint density at radius 2 is 1.39 bits per heavy atom. The molecule has 0 heterocycles. The van der Waals surface area contributed by atoms with Crippen LogP contribution in [-0.4, -0.2) is 63.1 Å². The van der Waals surface area contributed by atoms with Crippen molar-refractivity contribution in [3.05, 3.63) is 0 Å². The molecule has 0 unspecified atom stereocenters. The molecule has 0 aliphatic rings. The van der Waals surface area contributed by atoms with Crippen LogP contribution >= 0.6 is 0 Å². The van der Waals surface area contributed by atoms with E-state index in [1.54, 1.807) is 0 Å². The monoisotopic (exact) mass is 264 g/mol. The summed E-state index contributed by atoms with van der Waals surface area (Å²) in [5.41, 5.74) is -0.265. The number of rotatable bonds is 12. The summed E-state index contributed by atoms with van der Waals surface area (Å²) in [7, 11) is 0. The van der Waals surface area contributed by atoms with Crippen LogP contribution in [0.3, 0.4) is 0 Å². The Morgan fingerprint density at radius 3 is 1.89 bits per heavy atom. The Labute approximate surface area is 110 Å². The van der Waals surface area contributed by atoms with Gasteiger partial charge in [-0.3, -0.25) is 0 Å². The number of hydrogen-bond donors (Lipinski definition) is 1. The molecule has 0 radical (unpaired) electrons. The van der Waals surface area contributed by atoms with Gasteiger partial charge in [0.25, 0.3) is 0 Å². The molecule has 0 aliphatic carbocycles. The van der Waals surface area contributed by atoms with Gasteiger partial charge in [0.05, 0.1) is 58.0 Å². The molecule has 1 N–H and O–H groups in total. The quantitative estimate of drug-likeness (QED) is 0.537. The lowest BCUT2D eigenvalue weighted by atomic mass is 10.1. The summed E-state index contributed by atoms with van der Waals surface area (Å²) in [6.45, 7) is 11.1. The van der Waals surface area contributed by atoms with E-state index in [2.05, 4.69) is 0 Å². The van der Waals surface area contributed by atoms with Gasteiger partial charge in [-0.15, -0.1) is 0 Å². The average molecular weight is 264 g/mol. The van der Waals surface area contributed by atoms with Gasteiger partial charge in [0.1, 0.15) is 0 Å². The minimum absolute atomic E-state index is 0.0496. The van der Waals surface area contributed by atoms with E-state index in [0.29, 0.717) is 39.6 Å². The van der Waals surface area contributed by atoms with Crippen molar-refractivity contribution in [1.29, 1.82) is 0 Å². The van der Waals surface area contributed by atoms with Crippen LogP contribution in [0.2, 0.25) is 0 Å². The maximum atomic E-state index is 8.48. The van der Waals surface area contributed by atoms with Gasteiger partial charge in [-0.25, -0.2) is 0 Å². The van der Waals surface area contributed by atoms with E-state index in [1.165, 1.54) is 0 Å². The Morgan fingerprint density at radius 1 is 0.889 bits per heavy atom. The van der Waals surface area contributed by atoms with E-state index < -0.39 is 0 Å².